The van der Waals surface area contributed by atoms with E-state index in [2.05, 4.69) is 10.6 Å². The summed E-state index contributed by atoms with van der Waals surface area (Å²) >= 11 is 5.20. The molecule has 2 N–H and O–H groups in total. The van der Waals surface area contributed by atoms with Gasteiger partial charge >= 0.3 is 5.97 Å². The van der Waals surface area contributed by atoms with Crippen LogP contribution in [0, 0.1) is 0 Å². The molecule has 3 rings (SSSR count). The van der Waals surface area contributed by atoms with Crippen LogP contribution in [0.25, 0.3) is 0 Å². The lowest BCUT2D eigenvalue weighted by Crippen LogP contribution is -2.34. The molecule has 7 heteroatoms. The first-order chi connectivity index (χ1) is 13.0. The van der Waals surface area contributed by atoms with Crippen LogP contribution in [-0.2, 0) is 11.3 Å². The van der Waals surface area contributed by atoms with Gasteiger partial charge in [-0.1, -0.05) is 6.92 Å². The number of fused-ring (bicyclic) bond motifs is 1. The van der Waals surface area contributed by atoms with Crippen molar-refractivity contribution in [3.63, 3.8) is 0 Å². The fourth-order valence-corrected chi connectivity index (χ4v) is 2.76. The minimum Gasteiger partial charge on any atom is -0.491 e. The predicted molar refractivity (Wildman–Crippen MR) is 106 cm³/mol. The Morgan fingerprint density at radius 3 is 2.70 bits per heavy atom. The maximum Gasteiger partial charge on any atom is 0.338 e. The smallest absolute Gasteiger partial charge is 0.338 e. The van der Waals surface area contributed by atoms with Crippen molar-refractivity contribution in [3.8, 4) is 5.75 Å². The highest BCUT2D eigenvalue weighted by atomic mass is 32.1. The highest BCUT2D eigenvalue weighted by Gasteiger charge is 2.21. The molecule has 0 aliphatic carbocycles. The van der Waals surface area contributed by atoms with Crippen molar-refractivity contribution in [2.24, 2.45) is 0 Å². The third-order valence-electron chi connectivity index (χ3n) is 4.20. The van der Waals surface area contributed by atoms with Gasteiger partial charge < -0.3 is 14.8 Å². The van der Waals surface area contributed by atoms with Gasteiger partial charge in [0.05, 0.1) is 11.7 Å². The van der Waals surface area contributed by atoms with Crippen LogP contribution < -0.4 is 15.4 Å². The SMILES string of the molecule is CC[C@H](C)Oc1ccc(C(=O)NC(=S)Nc2ccc3c(c2)COC3=O)cc1. The summed E-state index contributed by atoms with van der Waals surface area (Å²) in [6, 6.07) is 12.1. The first kappa shape index (κ1) is 18.8. The van der Waals surface area contributed by atoms with Gasteiger partial charge in [0.1, 0.15) is 12.4 Å². The molecule has 0 aromatic heterocycles. The molecule has 0 saturated heterocycles. The number of ether oxygens (including phenoxy) is 2. The van der Waals surface area contributed by atoms with Gasteiger partial charge in [0.15, 0.2) is 5.11 Å². The Bertz CT molecular complexity index is 880. The second-order valence-corrected chi connectivity index (χ2v) is 6.63. The molecule has 0 bridgehead atoms. The van der Waals surface area contributed by atoms with Crippen molar-refractivity contribution in [1.29, 1.82) is 0 Å². The van der Waals surface area contributed by atoms with Crippen LogP contribution >= 0.6 is 12.2 Å². The van der Waals surface area contributed by atoms with E-state index in [4.69, 9.17) is 21.7 Å². The van der Waals surface area contributed by atoms with Crippen LogP contribution in [0.2, 0.25) is 0 Å². The lowest BCUT2D eigenvalue weighted by atomic mass is 10.1. The number of thiocarbonyl (C=S) groups is 1. The molecule has 140 valence electrons. The lowest BCUT2D eigenvalue weighted by Gasteiger charge is -2.13. The van der Waals surface area contributed by atoms with E-state index in [0.29, 0.717) is 16.8 Å². The monoisotopic (exact) mass is 384 g/mol. The number of cyclic esters (lactones) is 1. The number of hydrogen-bond acceptors (Lipinski definition) is 5. The van der Waals surface area contributed by atoms with Crippen LogP contribution in [-0.4, -0.2) is 23.1 Å². The molecule has 1 heterocycles. The number of carbonyl (C=O) groups excluding carboxylic acids is 2. The quantitative estimate of drug-likeness (QED) is 0.605. The maximum atomic E-state index is 12.3. The van der Waals surface area contributed by atoms with Crippen molar-refractivity contribution < 1.29 is 19.1 Å². The Hall–Kier alpha value is -2.93. The van der Waals surface area contributed by atoms with E-state index in [-0.39, 0.29) is 29.7 Å². The summed E-state index contributed by atoms with van der Waals surface area (Å²) in [5, 5.41) is 5.75. The maximum absolute atomic E-state index is 12.3. The molecule has 27 heavy (non-hydrogen) atoms. The van der Waals surface area contributed by atoms with Crippen LogP contribution in [0.15, 0.2) is 42.5 Å². The molecule has 0 saturated carbocycles. The first-order valence-electron chi connectivity index (χ1n) is 8.65. The molecule has 0 spiro atoms. The number of rotatable bonds is 5. The van der Waals surface area contributed by atoms with E-state index in [0.717, 1.165) is 17.7 Å². The molecule has 2 aromatic rings. The van der Waals surface area contributed by atoms with Crippen LogP contribution in [0.5, 0.6) is 5.75 Å². The largest absolute Gasteiger partial charge is 0.491 e. The summed E-state index contributed by atoms with van der Waals surface area (Å²) in [6.07, 6.45) is 1.03. The zero-order valence-electron chi connectivity index (χ0n) is 15.1. The van der Waals surface area contributed by atoms with E-state index in [9.17, 15) is 9.59 Å². The van der Waals surface area contributed by atoms with Crippen LogP contribution in [0.1, 0.15) is 46.5 Å². The molecule has 1 atom stereocenters. The average Bonchev–Trinajstić information content (AvgIpc) is 3.02. The molecule has 1 amide bonds. The summed E-state index contributed by atoms with van der Waals surface area (Å²) in [6.45, 7) is 4.28. The van der Waals surface area contributed by atoms with Crippen LogP contribution in [0.3, 0.4) is 0 Å². The van der Waals surface area contributed by atoms with Gasteiger partial charge in [0, 0.05) is 16.8 Å². The normalized spacial score (nSPS) is 13.3. The number of hydrogen-bond donors (Lipinski definition) is 2. The highest BCUT2D eigenvalue weighted by Crippen LogP contribution is 2.23. The zero-order valence-corrected chi connectivity index (χ0v) is 15.9. The Morgan fingerprint density at radius 2 is 2.00 bits per heavy atom. The third-order valence-corrected chi connectivity index (χ3v) is 4.40. The lowest BCUT2D eigenvalue weighted by molar-refractivity contribution is 0.0535. The second kappa shape index (κ2) is 8.18. The molecule has 0 radical (unpaired) electrons. The highest BCUT2D eigenvalue weighted by molar-refractivity contribution is 7.80. The Balaban J connectivity index is 1.57. The van der Waals surface area contributed by atoms with Crippen molar-refractivity contribution in [2.75, 3.05) is 5.32 Å². The molecule has 1 aliphatic heterocycles. The zero-order chi connectivity index (χ0) is 19.4. The Morgan fingerprint density at radius 1 is 1.26 bits per heavy atom. The number of amides is 1. The van der Waals surface area contributed by atoms with E-state index >= 15 is 0 Å². The minimum absolute atomic E-state index is 0.120. The number of carbonyl (C=O) groups is 2. The molecule has 0 fully saturated rings. The summed E-state index contributed by atoms with van der Waals surface area (Å²) in [4.78, 5) is 23.8. The van der Waals surface area contributed by atoms with Gasteiger partial charge in [-0.25, -0.2) is 4.79 Å². The van der Waals surface area contributed by atoms with Crippen molar-refractivity contribution in [1.82, 2.24) is 5.32 Å². The molecular formula is C20H20N2O4S. The Kier molecular flexibility index (Phi) is 5.71. The van der Waals surface area contributed by atoms with Crippen molar-refractivity contribution in [3.05, 3.63) is 59.2 Å². The molecule has 1 aliphatic rings. The second-order valence-electron chi connectivity index (χ2n) is 6.22. The standard InChI is InChI=1S/C20H20N2O4S/c1-3-12(2)26-16-7-4-13(5-8-16)18(23)22-20(27)21-15-6-9-17-14(10-15)11-25-19(17)24/h4-10,12H,3,11H2,1-2H3,(H2,21,22,23,27)/t12-/m0/s1. The van der Waals surface area contributed by atoms with Crippen molar-refractivity contribution in [2.45, 2.75) is 33.0 Å². The molecule has 6 nitrogen and oxygen atoms in total. The summed E-state index contributed by atoms with van der Waals surface area (Å²) in [5.41, 5.74) is 2.49. The van der Waals surface area contributed by atoms with E-state index in [1.807, 2.05) is 13.8 Å². The topological polar surface area (TPSA) is 76.7 Å². The third kappa shape index (κ3) is 4.62. The number of benzene rings is 2. The van der Waals surface area contributed by atoms with Gasteiger partial charge in [-0.2, -0.15) is 0 Å². The predicted octanol–water partition coefficient (Wildman–Crippen LogP) is 3.66. The van der Waals surface area contributed by atoms with E-state index in [1.54, 1.807) is 42.5 Å². The first-order valence-corrected chi connectivity index (χ1v) is 9.06. The van der Waals surface area contributed by atoms with Gasteiger partial charge in [-0.3, -0.25) is 10.1 Å². The molecule has 2 aromatic carbocycles. The number of anilines is 1. The minimum atomic E-state index is -0.326. The van der Waals surface area contributed by atoms with Gasteiger partial charge in [-0.05, 0) is 68.0 Å². The van der Waals surface area contributed by atoms with E-state index in [1.165, 1.54) is 0 Å². The Labute approximate surface area is 162 Å². The van der Waals surface area contributed by atoms with Crippen molar-refractivity contribution >= 4 is 34.9 Å². The van der Waals surface area contributed by atoms with E-state index < -0.39 is 0 Å². The van der Waals surface area contributed by atoms with Crippen LogP contribution in [0.4, 0.5) is 5.69 Å². The average molecular weight is 384 g/mol. The fraction of sp³-hybridized carbons (Fsp3) is 0.250. The number of nitrogens with one attached hydrogen (secondary N) is 2. The van der Waals surface area contributed by atoms with Gasteiger partial charge in [0.2, 0.25) is 0 Å². The summed E-state index contributed by atoms with van der Waals surface area (Å²) in [5.74, 6) is 0.0759. The number of esters is 1. The molecular weight excluding hydrogens is 364 g/mol. The molecule has 0 unspecified atom stereocenters. The summed E-state index contributed by atoms with van der Waals surface area (Å²) in [7, 11) is 0. The fourth-order valence-electron chi connectivity index (χ4n) is 2.55. The van der Waals surface area contributed by atoms with Gasteiger partial charge in [-0.15, -0.1) is 0 Å². The van der Waals surface area contributed by atoms with Gasteiger partial charge in [0.25, 0.3) is 5.91 Å². The summed E-state index contributed by atoms with van der Waals surface area (Å²) < 4.78 is 10.7.